The molecule has 1 aliphatic rings. The first kappa shape index (κ1) is 18.8. The lowest BCUT2D eigenvalue weighted by molar-refractivity contribution is -0.161. The number of hydrogen-bond acceptors (Lipinski definition) is 5. The molecule has 1 aromatic carbocycles. The van der Waals surface area contributed by atoms with Crippen LogP contribution in [0.5, 0.6) is 5.75 Å². The summed E-state index contributed by atoms with van der Waals surface area (Å²) < 4.78 is 13.1. The smallest absolute Gasteiger partial charge is 0.314 e. The van der Waals surface area contributed by atoms with Gasteiger partial charge >= 0.3 is 5.97 Å². The molecule has 1 aliphatic heterocycles. The molecule has 3 N–H and O–H groups in total. The molecule has 2 heterocycles. The number of aromatic nitrogens is 1. The van der Waals surface area contributed by atoms with Crippen LogP contribution in [0.1, 0.15) is 22.5 Å². The van der Waals surface area contributed by atoms with Crippen LogP contribution in [0, 0.1) is 11.2 Å². The number of carboxylic acid groups (broad SMARTS) is 1. The monoisotopic (exact) mass is 374 g/mol. The molecule has 0 spiro atoms. The third-order valence-electron chi connectivity index (χ3n) is 4.90. The number of aromatic hydroxyl groups is 1. The number of pyridine rings is 1. The van der Waals surface area contributed by atoms with Crippen LogP contribution < -0.4 is 0 Å². The lowest BCUT2D eigenvalue weighted by atomic mass is 9.72. The predicted octanol–water partition coefficient (Wildman–Crippen LogP) is 1.45. The summed E-state index contributed by atoms with van der Waals surface area (Å²) in [6, 6.07) is 8.06. The van der Waals surface area contributed by atoms with Crippen molar-refractivity contribution in [1.29, 1.82) is 0 Å². The molecule has 142 valence electrons. The van der Waals surface area contributed by atoms with E-state index in [1.807, 2.05) is 0 Å². The maximum atomic E-state index is 13.1. The summed E-state index contributed by atoms with van der Waals surface area (Å²) in [5.41, 5.74) is -0.983. The molecular formula is C19H19FN2O5. The highest BCUT2D eigenvalue weighted by atomic mass is 19.1. The van der Waals surface area contributed by atoms with E-state index in [-0.39, 0.29) is 37.4 Å². The molecule has 0 radical (unpaired) electrons. The van der Waals surface area contributed by atoms with Gasteiger partial charge in [0.2, 0.25) is 0 Å². The van der Waals surface area contributed by atoms with Gasteiger partial charge < -0.3 is 20.2 Å². The fraction of sp³-hybridized carbons (Fsp3) is 0.316. The van der Waals surface area contributed by atoms with Gasteiger partial charge in [0.15, 0.2) is 0 Å². The highest BCUT2D eigenvalue weighted by Crippen LogP contribution is 2.35. The van der Waals surface area contributed by atoms with Crippen molar-refractivity contribution in [2.75, 3.05) is 13.1 Å². The number of hydrogen-bond donors (Lipinski definition) is 3. The van der Waals surface area contributed by atoms with Crippen molar-refractivity contribution in [2.45, 2.75) is 18.9 Å². The Kier molecular flexibility index (Phi) is 5.09. The maximum Gasteiger partial charge on any atom is 0.314 e. The highest BCUT2D eigenvalue weighted by Gasteiger charge is 2.50. The number of aliphatic hydroxyl groups is 1. The summed E-state index contributed by atoms with van der Waals surface area (Å²) in [7, 11) is 0. The second-order valence-electron chi connectivity index (χ2n) is 6.70. The largest absolute Gasteiger partial charge is 0.506 e. The van der Waals surface area contributed by atoms with E-state index < -0.39 is 29.2 Å². The number of carbonyl (C=O) groups is 2. The summed E-state index contributed by atoms with van der Waals surface area (Å²) in [4.78, 5) is 30.0. The van der Waals surface area contributed by atoms with Crippen LogP contribution in [-0.2, 0) is 11.2 Å². The molecule has 2 atom stereocenters. The number of carbonyl (C=O) groups excluding carboxylic acids is 1. The van der Waals surface area contributed by atoms with Gasteiger partial charge in [-0.1, -0.05) is 12.1 Å². The first-order valence-corrected chi connectivity index (χ1v) is 8.42. The number of amides is 1. The van der Waals surface area contributed by atoms with Gasteiger partial charge in [0, 0.05) is 13.1 Å². The van der Waals surface area contributed by atoms with Gasteiger partial charge in [0.1, 0.15) is 22.7 Å². The number of likely N-dealkylation sites (tertiary alicyclic amines) is 1. The number of benzene rings is 1. The number of carboxylic acids is 1. The van der Waals surface area contributed by atoms with Gasteiger partial charge in [0.25, 0.3) is 5.91 Å². The van der Waals surface area contributed by atoms with Gasteiger partial charge in [-0.3, -0.25) is 9.59 Å². The van der Waals surface area contributed by atoms with Gasteiger partial charge in [0.05, 0.1) is 12.3 Å². The minimum atomic E-state index is -1.61. The average molecular weight is 374 g/mol. The van der Waals surface area contributed by atoms with Gasteiger partial charge in [-0.2, -0.15) is 0 Å². The summed E-state index contributed by atoms with van der Waals surface area (Å²) in [6.45, 7) is -0.0245. The van der Waals surface area contributed by atoms with Crippen LogP contribution in [0.25, 0.3) is 0 Å². The van der Waals surface area contributed by atoms with Crippen LogP contribution in [0.15, 0.2) is 42.6 Å². The Labute approximate surface area is 154 Å². The molecule has 1 fully saturated rings. The zero-order chi connectivity index (χ0) is 19.6. The van der Waals surface area contributed by atoms with Gasteiger partial charge in [-0.15, -0.1) is 0 Å². The van der Waals surface area contributed by atoms with Crippen LogP contribution in [0.4, 0.5) is 4.39 Å². The Morgan fingerprint density at radius 2 is 1.93 bits per heavy atom. The Hall–Kier alpha value is -3.00. The molecule has 1 saturated heterocycles. The Morgan fingerprint density at radius 3 is 2.52 bits per heavy atom. The highest BCUT2D eigenvalue weighted by molar-refractivity contribution is 5.93. The first-order valence-electron chi connectivity index (χ1n) is 8.42. The molecule has 0 aliphatic carbocycles. The molecule has 7 nitrogen and oxygen atoms in total. The van der Waals surface area contributed by atoms with E-state index in [1.54, 1.807) is 0 Å². The number of aliphatic carboxylic acids is 1. The molecule has 2 aromatic rings. The standard InChI is InChI=1S/C19H19FN2O5/c20-13-3-1-12(2-4-13)9-19(18(26)27)11-22(8-7-16(19)24)17(25)15-6-5-14(23)10-21-15/h1-6,10,16,23-24H,7-9,11H2,(H,26,27)/t16-,19-/m1/s1. The van der Waals surface area contributed by atoms with Crippen molar-refractivity contribution in [3.63, 3.8) is 0 Å². The van der Waals surface area contributed by atoms with Crippen LogP contribution >= 0.6 is 0 Å². The Morgan fingerprint density at radius 1 is 1.22 bits per heavy atom. The summed E-state index contributed by atoms with van der Waals surface area (Å²) in [6.07, 6.45) is 0.0277. The topological polar surface area (TPSA) is 111 Å². The molecule has 8 heteroatoms. The average Bonchev–Trinajstić information content (AvgIpc) is 2.65. The van der Waals surface area contributed by atoms with Gasteiger partial charge in [-0.25, -0.2) is 9.37 Å². The second kappa shape index (κ2) is 7.32. The summed E-state index contributed by atoms with van der Waals surface area (Å²) >= 11 is 0. The van der Waals surface area contributed by atoms with Crippen LogP contribution in [0.3, 0.4) is 0 Å². The van der Waals surface area contributed by atoms with Crippen molar-refractivity contribution in [3.8, 4) is 5.75 Å². The first-order chi connectivity index (χ1) is 12.8. The minimum Gasteiger partial charge on any atom is -0.506 e. The lowest BCUT2D eigenvalue weighted by Crippen LogP contribution is -2.58. The number of nitrogens with zero attached hydrogens (tertiary/aromatic N) is 2. The number of halogens is 1. The second-order valence-corrected chi connectivity index (χ2v) is 6.70. The Balaban J connectivity index is 1.88. The number of piperidine rings is 1. The van der Waals surface area contributed by atoms with Crippen LogP contribution in [0.2, 0.25) is 0 Å². The quantitative estimate of drug-likeness (QED) is 0.747. The Bertz CT molecular complexity index is 840. The van der Waals surface area contributed by atoms with Crippen molar-refractivity contribution in [2.24, 2.45) is 5.41 Å². The van der Waals surface area contributed by atoms with E-state index >= 15 is 0 Å². The maximum absolute atomic E-state index is 13.1. The van der Waals surface area contributed by atoms with Crippen molar-refractivity contribution < 1.29 is 29.3 Å². The summed E-state index contributed by atoms with van der Waals surface area (Å²) in [5.74, 6) is -2.23. The van der Waals surface area contributed by atoms with E-state index in [0.29, 0.717) is 5.56 Å². The SMILES string of the molecule is O=C(c1ccc(O)cn1)N1CC[C@@H](O)[C@](Cc2ccc(F)cc2)(C(=O)O)C1. The van der Waals surface area contributed by atoms with Gasteiger partial charge in [-0.05, 0) is 42.7 Å². The molecular weight excluding hydrogens is 355 g/mol. The van der Waals surface area contributed by atoms with Crippen molar-refractivity contribution >= 4 is 11.9 Å². The van der Waals surface area contributed by atoms with E-state index in [4.69, 9.17) is 0 Å². The molecule has 0 saturated carbocycles. The third-order valence-corrected chi connectivity index (χ3v) is 4.90. The van der Waals surface area contributed by atoms with Crippen molar-refractivity contribution in [3.05, 3.63) is 59.7 Å². The van der Waals surface area contributed by atoms with E-state index in [2.05, 4.69) is 4.98 Å². The van der Waals surface area contributed by atoms with E-state index in [9.17, 15) is 29.3 Å². The molecule has 3 rings (SSSR count). The van der Waals surface area contributed by atoms with E-state index in [0.717, 1.165) is 6.20 Å². The zero-order valence-electron chi connectivity index (χ0n) is 14.4. The van der Waals surface area contributed by atoms with Crippen LogP contribution in [-0.4, -0.2) is 56.3 Å². The molecule has 1 aromatic heterocycles. The molecule has 0 unspecified atom stereocenters. The molecule has 27 heavy (non-hydrogen) atoms. The van der Waals surface area contributed by atoms with E-state index in [1.165, 1.54) is 41.3 Å². The number of aliphatic hydroxyl groups excluding tert-OH is 1. The molecule has 0 bridgehead atoms. The normalized spacial score (nSPS) is 22.4. The predicted molar refractivity (Wildman–Crippen MR) is 92.6 cm³/mol. The number of rotatable bonds is 4. The van der Waals surface area contributed by atoms with Crippen molar-refractivity contribution in [1.82, 2.24) is 9.88 Å². The lowest BCUT2D eigenvalue weighted by Gasteiger charge is -2.43. The molecule has 1 amide bonds. The minimum absolute atomic E-state index is 0.0451. The fourth-order valence-corrected chi connectivity index (χ4v) is 3.35. The third kappa shape index (κ3) is 3.75. The fourth-order valence-electron chi connectivity index (χ4n) is 3.35. The zero-order valence-corrected chi connectivity index (χ0v) is 14.4. The summed E-state index contributed by atoms with van der Waals surface area (Å²) in [5, 5.41) is 29.6.